The Morgan fingerprint density at radius 3 is 2.78 bits per heavy atom. The van der Waals surface area contributed by atoms with Crippen LogP contribution in [-0.4, -0.2) is 50.8 Å². The monoisotopic (exact) mass is 540 g/mol. The Kier molecular flexibility index (Phi) is 8.33. The number of aryl methyl sites for hydroxylation is 1. The normalized spacial score (nSPS) is 15.9. The third kappa shape index (κ3) is 6.98. The minimum atomic E-state index is -0.322. The van der Waals surface area contributed by atoms with Crippen molar-refractivity contribution in [3.63, 3.8) is 0 Å². The number of nitrogens with zero attached hydrogens (tertiary/aromatic N) is 4. The Hall–Kier alpha value is -3.18. The van der Waals surface area contributed by atoms with Crippen molar-refractivity contribution in [2.24, 2.45) is 0 Å². The molecule has 4 heterocycles. The van der Waals surface area contributed by atoms with E-state index in [1.165, 1.54) is 12.3 Å². The first kappa shape index (κ1) is 26.9. The van der Waals surface area contributed by atoms with Gasteiger partial charge in [-0.3, -0.25) is 9.59 Å². The number of carbonyl (C=O) groups is 2. The smallest absolute Gasteiger partial charge is 0.272 e. The summed E-state index contributed by atoms with van der Waals surface area (Å²) in [6.45, 7) is 13.0. The molecule has 1 fully saturated rings. The first-order valence-corrected chi connectivity index (χ1v) is 13.9. The summed E-state index contributed by atoms with van der Waals surface area (Å²) in [7, 11) is 0. The van der Waals surface area contributed by atoms with Crippen molar-refractivity contribution in [3.8, 4) is 0 Å². The van der Waals surface area contributed by atoms with Crippen LogP contribution >= 0.6 is 23.1 Å². The number of anilines is 2. The molecule has 0 unspecified atom stereocenters. The highest BCUT2D eigenvalue weighted by atomic mass is 32.2. The van der Waals surface area contributed by atoms with Gasteiger partial charge in [-0.25, -0.2) is 15.0 Å². The number of amides is 2. The Morgan fingerprint density at radius 1 is 1.30 bits per heavy atom. The van der Waals surface area contributed by atoms with Gasteiger partial charge in [0.05, 0.1) is 33.7 Å². The molecule has 0 saturated carbocycles. The van der Waals surface area contributed by atoms with E-state index in [-0.39, 0.29) is 23.3 Å². The van der Waals surface area contributed by atoms with Crippen LogP contribution in [0, 0.1) is 6.92 Å². The van der Waals surface area contributed by atoms with E-state index in [1.54, 1.807) is 35.2 Å². The van der Waals surface area contributed by atoms with Gasteiger partial charge in [0.15, 0.2) is 5.13 Å². The molecule has 0 aromatic carbocycles. The van der Waals surface area contributed by atoms with Crippen LogP contribution in [0.2, 0.25) is 0 Å². The van der Waals surface area contributed by atoms with Gasteiger partial charge in [0, 0.05) is 24.5 Å². The molecule has 2 amide bonds. The second-order valence-electron chi connectivity index (χ2n) is 9.91. The zero-order valence-corrected chi connectivity index (χ0v) is 23.2. The van der Waals surface area contributed by atoms with Gasteiger partial charge >= 0.3 is 0 Å². The number of aromatic nitrogens is 3. The van der Waals surface area contributed by atoms with Crippen LogP contribution in [0.5, 0.6) is 0 Å². The summed E-state index contributed by atoms with van der Waals surface area (Å²) >= 11 is 3.28. The lowest BCUT2D eigenvalue weighted by Gasteiger charge is -2.33. The molecule has 0 bridgehead atoms. The predicted octanol–water partition coefficient (Wildman–Crippen LogP) is 5.27. The molecule has 9 nitrogen and oxygen atoms in total. The molecule has 1 saturated heterocycles. The first-order chi connectivity index (χ1) is 17.6. The molecule has 3 aromatic rings. The number of piperidine rings is 1. The number of thioether (sulfide) groups is 1. The summed E-state index contributed by atoms with van der Waals surface area (Å²) in [5, 5.41) is 7.00. The number of carbonyl (C=O) groups excluding carboxylic acids is 2. The standard InChI is InChI=1S/C26H32N6O3S2/c1-6-21(33)30-17-9-10-19(27-12-17)23(34)32-11-7-8-18(14-32)31-25-29-16(2)24(37-25)36-15-22-28-13-20(35-22)26(3,4)5/h6,9-10,12-13,18H,1,7-8,11,14-15H2,2-5H3,(H,29,31)(H,30,33)/t18-/m1/s1. The quantitative estimate of drug-likeness (QED) is 0.294. The minimum Gasteiger partial charge on any atom is -0.444 e. The van der Waals surface area contributed by atoms with Crippen LogP contribution < -0.4 is 10.6 Å². The highest BCUT2D eigenvalue weighted by molar-refractivity contribution is 8.00. The number of nitrogens with one attached hydrogen (secondary N) is 2. The maximum absolute atomic E-state index is 13.0. The van der Waals surface area contributed by atoms with E-state index in [0.717, 1.165) is 33.6 Å². The number of oxazole rings is 1. The summed E-state index contributed by atoms with van der Waals surface area (Å²) in [6.07, 6.45) is 6.32. The van der Waals surface area contributed by atoms with Crippen LogP contribution in [-0.2, 0) is 16.0 Å². The van der Waals surface area contributed by atoms with Crippen molar-refractivity contribution >= 4 is 45.7 Å². The Labute approximate surface area is 225 Å². The summed E-state index contributed by atoms with van der Waals surface area (Å²) in [6, 6.07) is 3.40. The lowest BCUT2D eigenvalue weighted by Crippen LogP contribution is -2.45. The number of thiazole rings is 1. The molecule has 1 atom stereocenters. The highest BCUT2D eigenvalue weighted by Crippen LogP contribution is 2.35. The van der Waals surface area contributed by atoms with E-state index in [9.17, 15) is 9.59 Å². The average Bonchev–Trinajstić information content (AvgIpc) is 3.49. The van der Waals surface area contributed by atoms with Crippen molar-refractivity contribution in [1.29, 1.82) is 0 Å². The van der Waals surface area contributed by atoms with E-state index in [1.807, 2.05) is 18.0 Å². The summed E-state index contributed by atoms with van der Waals surface area (Å²) in [5.41, 5.74) is 1.77. The molecule has 1 aliphatic heterocycles. The van der Waals surface area contributed by atoms with Crippen molar-refractivity contribution in [1.82, 2.24) is 19.9 Å². The molecule has 11 heteroatoms. The zero-order valence-electron chi connectivity index (χ0n) is 21.5. The van der Waals surface area contributed by atoms with Gasteiger partial charge in [-0.1, -0.05) is 38.7 Å². The van der Waals surface area contributed by atoms with Crippen molar-refractivity contribution in [2.45, 2.75) is 62.0 Å². The van der Waals surface area contributed by atoms with Gasteiger partial charge in [-0.2, -0.15) is 0 Å². The Morgan fingerprint density at radius 2 is 2.11 bits per heavy atom. The Balaban J connectivity index is 1.32. The van der Waals surface area contributed by atoms with Gasteiger partial charge in [0.2, 0.25) is 11.8 Å². The molecule has 2 N–H and O–H groups in total. The summed E-state index contributed by atoms with van der Waals surface area (Å²) in [4.78, 5) is 39.6. The number of hydrogen-bond acceptors (Lipinski definition) is 9. The van der Waals surface area contributed by atoms with Crippen LogP contribution in [0.1, 0.15) is 61.4 Å². The van der Waals surface area contributed by atoms with E-state index in [0.29, 0.717) is 36.1 Å². The van der Waals surface area contributed by atoms with Crippen LogP contribution in [0.25, 0.3) is 0 Å². The lowest BCUT2D eigenvalue weighted by molar-refractivity contribution is -0.111. The molecule has 0 aliphatic carbocycles. The zero-order chi connectivity index (χ0) is 26.6. The fourth-order valence-corrected chi connectivity index (χ4v) is 5.90. The molecule has 3 aromatic heterocycles. The topological polar surface area (TPSA) is 113 Å². The van der Waals surface area contributed by atoms with Crippen LogP contribution in [0.3, 0.4) is 0 Å². The number of rotatable bonds is 8. The van der Waals surface area contributed by atoms with Crippen LogP contribution in [0.4, 0.5) is 10.8 Å². The van der Waals surface area contributed by atoms with E-state index < -0.39 is 0 Å². The number of pyridine rings is 1. The van der Waals surface area contributed by atoms with Crippen molar-refractivity contribution in [3.05, 3.63) is 60.2 Å². The van der Waals surface area contributed by atoms with E-state index in [4.69, 9.17) is 9.40 Å². The minimum absolute atomic E-state index is 0.0642. The largest absolute Gasteiger partial charge is 0.444 e. The van der Waals surface area contributed by atoms with Gasteiger partial charge in [-0.05, 0) is 38.0 Å². The maximum atomic E-state index is 13.0. The fraction of sp³-hybridized carbons (Fsp3) is 0.423. The molecule has 37 heavy (non-hydrogen) atoms. The SMILES string of the molecule is C=CC(=O)Nc1ccc(C(=O)N2CCC[C@@H](Nc3nc(C)c(SCc4ncc(C(C)(C)C)o4)s3)C2)nc1. The fourth-order valence-electron chi connectivity index (χ4n) is 3.83. The molecule has 0 spiro atoms. The van der Waals surface area contributed by atoms with Crippen LogP contribution in [0.15, 0.2) is 45.8 Å². The first-order valence-electron chi connectivity index (χ1n) is 12.1. The molecule has 1 aliphatic rings. The van der Waals surface area contributed by atoms with Gasteiger partial charge < -0.3 is 20.0 Å². The number of likely N-dealkylation sites (tertiary alicyclic amines) is 1. The molecule has 196 valence electrons. The maximum Gasteiger partial charge on any atom is 0.272 e. The second-order valence-corrected chi connectivity index (χ2v) is 12.2. The Bertz CT molecular complexity index is 1260. The van der Waals surface area contributed by atoms with E-state index >= 15 is 0 Å². The van der Waals surface area contributed by atoms with E-state index in [2.05, 4.69) is 48.0 Å². The molecular formula is C26H32N6O3S2. The average molecular weight is 541 g/mol. The highest BCUT2D eigenvalue weighted by Gasteiger charge is 2.26. The van der Waals surface area contributed by atoms with Crippen molar-refractivity contribution < 1.29 is 14.0 Å². The summed E-state index contributed by atoms with van der Waals surface area (Å²) in [5.74, 6) is 1.79. The van der Waals surface area contributed by atoms with Crippen molar-refractivity contribution in [2.75, 3.05) is 23.7 Å². The molecule has 0 radical (unpaired) electrons. The van der Waals surface area contributed by atoms with Gasteiger partial charge in [0.1, 0.15) is 11.5 Å². The van der Waals surface area contributed by atoms with Gasteiger partial charge in [0.25, 0.3) is 5.91 Å². The lowest BCUT2D eigenvalue weighted by atomic mass is 9.94. The third-order valence-corrected chi connectivity index (χ3v) is 8.28. The predicted molar refractivity (Wildman–Crippen MR) is 147 cm³/mol. The molecular weight excluding hydrogens is 508 g/mol. The number of hydrogen-bond donors (Lipinski definition) is 2. The third-order valence-electron chi connectivity index (χ3n) is 5.85. The van der Waals surface area contributed by atoms with Gasteiger partial charge in [-0.15, -0.1) is 11.8 Å². The summed E-state index contributed by atoms with van der Waals surface area (Å²) < 4.78 is 7.03. The molecule has 4 rings (SSSR count). The second kappa shape index (κ2) is 11.5.